The molecule has 0 aliphatic carbocycles. The third-order valence-corrected chi connectivity index (χ3v) is 4.39. The fraction of sp³-hybridized carbons (Fsp3) is 0.381. The van der Waals surface area contributed by atoms with Gasteiger partial charge >= 0.3 is 0 Å². The Balaban J connectivity index is 1.41. The Morgan fingerprint density at radius 1 is 0.962 bits per heavy atom. The van der Waals surface area contributed by atoms with Crippen LogP contribution < -0.4 is 14.8 Å². The molecule has 0 spiro atoms. The number of hydrogen-bond donors (Lipinski definition) is 1. The minimum absolute atomic E-state index is 0.0709. The number of rotatable bonds is 9. The minimum Gasteiger partial charge on any atom is -0.492 e. The van der Waals surface area contributed by atoms with Crippen LogP contribution >= 0.6 is 0 Å². The zero-order valence-corrected chi connectivity index (χ0v) is 15.0. The van der Waals surface area contributed by atoms with Crippen LogP contribution in [0.2, 0.25) is 0 Å². The predicted octanol–water partition coefficient (Wildman–Crippen LogP) is 2.86. The number of likely N-dealkylation sites (tertiary alicyclic amines) is 1. The summed E-state index contributed by atoms with van der Waals surface area (Å²) in [7, 11) is 0. The van der Waals surface area contributed by atoms with Gasteiger partial charge in [0.25, 0.3) is 5.91 Å². The van der Waals surface area contributed by atoms with Crippen molar-refractivity contribution in [3.8, 4) is 11.5 Å². The van der Waals surface area contributed by atoms with Gasteiger partial charge in [-0.25, -0.2) is 0 Å². The van der Waals surface area contributed by atoms with Crippen molar-refractivity contribution in [3.63, 3.8) is 0 Å². The van der Waals surface area contributed by atoms with Crippen LogP contribution in [0, 0.1) is 0 Å². The highest BCUT2D eigenvalue weighted by molar-refractivity contribution is 5.78. The summed E-state index contributed by atoms with van der Waals surface area (Å²) >= 11 is 0. The molecule has 1 N–H and O–H groups in total. The summed E-state index contributed by atoms with van der Waals surface area (Å²) in [6.07, 6.45) is 2.19. The van der Waals surface area contributed by atoms with Crippen molar-refractivity contribution in [3.05, 3.63) is 60.2 Å². The fourth-order valence-corrected chi connectivity index (χ4v) is 2.97. The second-order valence-corrected chi connectivity index (χ2v) is 6.32. The summed E-state index contributed by atoms with van der Waals surface area (Å²) in [6.45, 7) is 3.82. The number of para-hydroxylation sites is 2. The molecule has 0 bridgehead atoms. The van der Waals surface area contributed by atoms with E-state index in [4.69, 9.17) is 9.47 Å². The molecule has 0 aromatic heterocycles. The highest BCUT2D eigenvalue weighted by atomic mass is 16.5. The van der Waals surface area contributed by atoms with Crippen molar-refractivity contribution in [2.24, 2.45) is 0 Å². The minimum atomic E-state index is 0.0709. The predicted molar refractivity (Wildman–Crippen MR) is 101 cm³/mol. The molecular formula is C21H26N2O3. The number of hydrogen-bond acceptors (Lipinski definition) is 4. The zero-order chi connectivity index (χ0) is 18.0. The SMILES string of the molecule is O=C(COc1ccccc1CNCCOc1ccccc1)N1CCCC1. The van der Waals surface area contributed by atoms with Gasteiger partial charge in [0.2, 0.25) is 0 Å². The lowest BCUT2D eigenvalue weighted by Gasteiger charge is -2.17. The lowest BCUT2D eigenvalue weighted by Crippen LogP contribution is -2.32. The topological polar surface area (TPSA) is 50.8 Å². The van der Waals surface area contributed by atoms with Crippen LogP contribution in [0.25, 0.3) is 0 Å². The first-order valence-corrected chi connectivity index (χ1v) is 9.20. The van der Waals surface area contributed by atoms with Gasteiger partial charge in [-0.05, 0) is 31.0 Å². The van der Waals surface area contributed by atoms with E-state index < -0.39 is 0 Å². The lowest BCUT2D eigenvalue weighted by atomic mass is 10.2. The molecule has 5 nitrogen and oxygen atoms in total. The molecule has 1 heterocycles. The van der Waals surface area contributed by atoms with E-state index in [1.54, 1.807) is 0 Å². The number of carbonyl (C=O) groups is 1. The van der Waals surface area contributed by atoms with Gasteiger partial charge < -0.3 is 19.7 Å². The number of ether oxygens (including phenoxy) is 2. The summed E-state index contributed by atoms with van der Waals surface area (Å²) in [4.78, 5) is 14.0. The van der Waals surface area contributed by atoms with E-state index in [0.717, 1.165) is 49.5 Å². The number of amides is 1. The number of carbonyl (C=O) groups excluding carboxylic acids is 1. The molecule has 5 heteroatoms. The summed E-state index contributed by atoms with van der Waals surface area (Å²) in [5, 5.41) is 3.35. The molecule has 1 aliphatic rings. The number of nitrogens with one attached hydrogen (secondary N) is 1. The van der Waals surface area contributed by atoms with Gasteiger partial charge in [-0.3, -0.25) is 4.79 Å². The van der Waals surface area contributed by atoms with E-state index in [1.165, 1.54) is 0 Å². The quantitative estimate of drug-likeness (QED) is 0.704. The van der Waals surface area contributed by atoms with Crippen LogP contribution in [0.4, 0.5) is 0 Å². The smallest absolute Gasteiger partial charge is 0.260 e. The van der Waals surface area contributed by atoms with Crippen molar-refractivity contribution in [2.75, 3.05) is 32.8 Å². The maximum Gasteiger partial charge on any atom is 0.260 e. The van der Waals surface area contributed by atoms with E-state index in [2.05, 4.69) is 5.32 Å². The van der Waals surface area contributed by atoms with Crippen LogP contribution in [0.3, 0.4) is 0 Å². The van der Waals surface area contributed by atoms with E-state index in [0.29, 0.717) is 13.2 Å². The first kappa shape index (κ1) is 18.3. The van der Waals surface area contributed by atoms with Crippen LogP contribution in [0.5, 0.6) is 11.5 Å². The highest BCUT2D eigenvalue weighted by Crippen LogP contribution is 2.18. The Morgan fingerprint density at radius 3 is 2.50 bits per heavy atom. The Kier molecular flexibility index (Phi) is 6.90. The van der Waals surface area contributed by atoms with Crippen molar-refractivity contribution in [2.45, 2.75) is 19.4 Å². The van der Waals surface area contributed by atoms with Gasteiger partial charge in [0.05, 0.1) is 0 Å². The first-order valence-electron chi connectivity index (χ1n) is 9.20. The molecule has 0 saturated carbocycles. The van der Waals surface area contributed by atoms with Gasteiger partial charge in [-0.2, -0.15) is 0 Å². The average molecular weight is 354 g/mol. The maximum atomic E-state index is 12.1. The van der Waals surface area contributed by atoms with Crippen LogP contribution in [0.1, 0.15) is 18.4 Å². The van der Waals surface area contributed by atoms with Gasteiger partial charge in [-0.1, -0.05) is 36.4 Å². The lowest BCUT2D eigenvalue weighted by molar-refractivity contribution is -0.132. The van der Waals surface area contributed by atoms with E-state index in [9.17, 15) is 4.79 Å². The van der Waals surface area contributed by atoms with E-state index in [-0.39, 0.29) is 12.5 Å². The van der Waals surface area contributed by atoms with Crippen molar-refractivity contribution in [1.82, 2.24) is 10.2 Å². The molecule has 2 aromatic rings. The molecule has 0 radical (unpaired) electrons. The Hall–Kier alpha value is -2.53. The van der Waals surface area contributed by atoms with Crippen LogP contribution in [-0.2, 0) is 11.3 Å². The first-order chi connectivity index (χ1) is 12.8. The molecule has 1 fully saturated rings. The van der Waals surface area contributed by atoms with E-state index >= 15 is 0 Å². The second-order valence-electron chi connectivity index (χ2n) is 6.32. The third-order valence-electron chi connectivity index (χ3n) is 4.39. The number of nitrogens with zero attached hydrogens (tertiary/aromatic N) is 1. The Bertz CT molecular complexity index is 685. The molecule has 0 atom stereocenters. The van der Waals surface area contributed by atoms with Crippen molar-refractivity contribution in [1.29, 1.82) is 0 Å². The summed E-state index contributed by atoms with van der Waals surface area (Å²) < 4.78 is 11.4. The standard InChI is InChI=1S/C21H26N2O3/c24-21(23-13-6-7-14-23)17-26-20-11-5-4-8-18(20)16-22-12-15-25-19-9-2-1-3-10-19/h1-5,8-11,22H,6-7,12-17H2. The Labute approximate surface area is 154 Å². The molecule has 2 aromatic carbocycles. The molecule has 26 heavy (non-hydrogen) atoms. The molecular weight excluding hydrogens is 328 g/mol. The fourth-order valence-electron chi connectivity index (χ4n) is 2.97. The maximum absolute atomic E-state index is 12.1. The van der Waals surface area contributed by atoms with Gasteiger partial charge in [0, 0.05) is 31.7 Å². The van der Waals surface area contributed by atoms with Crippen LogP contribution in [0.15, 0.2) is 54.6 Å². The summed E-state index contributed by atoms with van der Waals surface area (Å²) in [5.41, 5.74) is 1.04. The van der Waals surface area contributed by atoms with Gasteiger partial charge in [0.15, 0.2) is 6.61 Å². The molecule has 1 aliphatic heterocycles. The monoisotopic (exact) mass is 354 g/mol. The van der Waals surface area contributed by atoms with Crippen molar-refractivity contribution >= 4 is 5.91 Å². The molecule has 1 amide bonds. The third kappa shape index (κ3) is 5.49. The Morgan fingerprint density at radius 2 is 1.69 bits per heavy atom. The summed E-state index contributed by atoms with van der Waals surface area (Å²) in [6, 6.07) is 17.6. The molecule has 0 unspecified atom stereocenters. The van der Waals surface area contributed by atoms with Gasteiger partial charge in [-0.15, -0.1) is 0 Å². The molecule has 1 saturated heterocycles. The summed E-state index contributed by atoms with van der Waals surface area (Å²) in [5.74, 6) is 1.71. The van der Waals surface area contributed by atoms with E-state index in [1.807, 2.05) is 59.5 Å². The second kappa shape index (κ2) is 9.82. The van der Waals surface area contributed by atoms with Gasteiger partial charge in [0.1, 0.15) is 18.1 Å². The largest absolute Gasteiger partial charge is 0.492 e. The van der Waals surface area contributed by atoms with Crippen LogP contribution in [-0.4, -0.2) is 43.7 Å². The number of benzene rings is 2. The normalized spacial score (nSPS) is 13.6. The zero-order valence-electron chi connectivity index (χ0n) is 15.0. The molecule has 138 valence electrons. The average Bonchev–Trinajstić information content (AvgIpc) is 3.22. The highest BCUT2D eigenvalue weighted by Gasteiger charge is 2.18. The van der Waals surface area contributed by atoms with Crippen molar-refractivity contribution < 1.29 is 14.3 Å². The molecule has 3 rings (SSSR count).